The van der Waals surface area contributed by atoms with Crippen molar-refractivity contribution in [2.24, 2.45) is 0 Å². The summed E-state index contributed by atoms with van der Waals surface area (Å²) in [6, 6.07) is 13.0. The van der Waals surface area contributed by atoms with Crippen LogP contribution in [0.4, 0.5) is 0 Å². The van der Waals surface area contributed by atoms with Gasteiger partial charge in [-0.3, -0.25) is 4.79 Å². The van der Waals surface area contributed by atoms with Gasteiger partial charge >= 0.3 is 0 Å². The van der Waals surface area contributed by atoms with E-state index in [1.807, 2.05) is 24.3 Å². The molecule has 0 unspecified atom stereocenters. The van der Waals surface area contributed by atoms with E-state index in [2.05, 4.69) is 13.8 Å². The van der Waals surface area contributed by atoms with E-state index in [1.54, 1.807) is 4.57 Å². The number of nitrogens with zero attached hydrogens (tertiary/aromatic N) is 1. The van der Waals surface area contributed by atoms with Gasteiger partial charge in [0.2, 0.25) is 22.5 Å². The molecule has 6 nitrogen and oxygen atoms in total. The number of aromatic nitrogens is 1. The number of phenolic OH excluding ortho intramolecular Hbond substituents is 3. The zero-order chi connectivity index (χ0) is 19.3. The molecule has 27 heavy (non-hydrogen) atoms. The summed E-state index contributed by atoms with van der Waals surface area (Å²) in [5, 5.41) is 29.7. The molecule has 136 valence electrons. The van der Waals surface area contributed by atoms with Crippen LogP contribution in [0, 0.1) is 0 Å². The molecule has 3 N–H and O–H groups in total. The number of hydrogen-bond acceptors (Lipinski definition) is 5. The Labute approximate surface area is 154 Å². The Kier molecular flexibility index (Phi) is 3.77. The molecular formula is C21H18NO5+. The lowest BCUT2D eigenvalue weighted by Gasteiger charge is -2.10. The number of rotatable bonds is 2. The molecule has 2 aromatic rings. The molecule has 2 aromatic carbocycles. The maximum Gasteiger partial charge on any atom is 0.258 e. The zero-order valence-electron chi connectivity index (χ0n) is 14.8. The standard InChI is InChI=1S/C21H17NO5/c1-11(2)12-3-5-13(6-4-12)22-14-7-16(23)18(25)9-20(14)27-21-10-19(26)17(24)8-15(21)22/h3-11H,1-2H3,(H2,23,24,25,26)/p+1. The van der Waals surface area contributed by atoms with Gasteiger partial charge in [0, 0.05) is 24.3 Å². The van der Waals surface area contributed by atoms with E-state index < -0.39 is 11.2 Å². The maximum atomic E-state index is 11.8. The van der Waals surface area contributed by atoms with Crippen LogP contribution in [0.5, 0.6) is 17.2 Å². The minimum atomic E-state index is -0.560. The van der Waals surface area contributed by atoms with Gasteiger partial charge in [-0.1, -0.05) is 26.0 Å². The van der Waals surface area contributed by atoms with Gasteiger partial charge in [0.25, 0.3) is 11.2 Å². The molecule has 0 saturated carbocycles. The van der Waals surface area contributed by atoms with Crippen LogP contribution in [-0.2, 0) is 0 Å². The lowest BCUT2D eigenvalue weighted by molar-refractivity contribution is -0.557. The van der Waals surface area contributed by atoms with Gasteiger partial charge in [-0.05, 0) is 11.5 Å². The van der Waals surface area contributed by atoms with Crippen molar-refractivity contribution in [3.8, 4) is 34.4 Å². The molecular weight excluding hydrogens is 346 g/mol. The van der Waals surface area contributed by atoms with Crippen LogP contribution in [0.15, 0.2) is 57.7 Å². The van der Waals surface area contributed by atoms with Crippen LogP contribution in [0.2, 0.25) is 0 Å². The zero-order valence-corrected chi connectivity index (χ0v) is 14.8. The second-order valence-electron chi connectivity index (χ2n) is 6.78. The fraction of sp³-hybridized carbons (Fsp3) is 0.143. The van der Waals surface area contributed by atoms with Gasteiger partial charge in [0.15, 0.2) is 17.2 Å². The summed E-state index contributed by atoms with van der Waals surface area (Å²) < 4.78 is 7.50. The van der Waals surface area contributed by atoms with E-state index in [-0.39, 0.29) is 22.8 Å². The molecule has 1 heterocycles. The largest absolute Gasteiger partial charge is 0.504 e. The van der Waals surface area contributed by atoms with Crippen molar-refractivity contribution in [2.75, 3.05) is 0 Å². The molecule has 0 radical (unpaired) electrons. The minimum absolute atomic E-state index is 0.253. The van der Waals surface area contributed by atoms with Gasteiger partial charge in [0.1, 0.15) is 0 Å². The summed E-state index contributed by atoms with van der Waals surface area (Å²) in [5.74, 6) is -0.394. The van der Waals surface area contributed by atoms with Crippen molar-refractivity contribution in [2.45, 2.75) is 19.8 Å². The first-order valence-corrected chi connectivity index (χ1v) is 8.53. The highest BCUT2D eigenvalue weighted by Gasteiger charge is 2.28. The molecule has 0 fully saturated rings. The highest BCUT2D eigenvalue weighted by Crippen LogP contribution is 2.33. The number of hydrogen-bond donors (Lipinski definition) is 3. The monoisotopic (exact) mass is 364 g/mol. The molecule has 1 aliphatic heterocycles. The van der Waals surface area contributed by atoms with E-state index in [0.29, 0.717) is 17.1 Å². The van der Waals surface area contributed by atoms with Gasteiger partial charge in [-0.2, -0.15) is 0 Å². The Morgan fingerprint density at radius 3 is 2.22 bits per heavy atom. The van der Waals surface area contributed by atoms with E-state index in [9.17, 15) is 20.1 Å². The minimum Gasteiger partial charge on any atom is -0.504 e. The van der Waals surface area contributed by atoms with Crippen LogP contribution in [0.25, 0.3) is 28.2 Å². The Balaban J connectivity index is 2.13. The van der Waals surface area contributed by atoms with E-state index in [1.165, 1.54) is 29.8 Å². The number of fused-ring (bicyclic) bond motifs is 2. The molecule has 0 amide bonds. The lowest BCUT2D eigenvalue weighted by atomic mass is 10.0. The van der Waals surface area contributed by atoms with Gasteiger partial charge in [-0.15, -0.1) is 4.57 Å². The predicted molar refractivity (Wildman–Crippen MR) is 99.7 cm³/mol. The van der Waals surface area contributed by atoms with Gasteiger partial charge in [0.05, 0.1) is 12.1 Å². The lowest BCUT2D eigenvalue weighted by Crippen LogP contribution is -2.35. The SMILES string of the molecule is CC(C)c1ccc(-[n+]2c3cc(O)c(=O)cc-3oc3cc(O)c(O)cc32)cc1. The van der Waals surface area contributed by atoms with Crippen molar-refractivity contribution in [1.82, 2.24) is 0 Å². The second-order valence-corrected chi connectivity index (χ2v) is 6.78. The summed E-state index contributed by atoms with van der Waals surface area (Å²) in [6.07, 6.45) is 0. The molecule has 1 aliphatic carbocycles. The molecule has 0 aromatic heterocycles. The third-order valence-electron chi connectivity index (χ3n) is 4.62. The summed E-state index contributed by atoms with van der Waals surface area (Å²) >= 11 is 0. The van der Waals surface area contributed by atoms with Gasteiger partial charge < -0.3 is 19.7 Å². The average molecular weight is 364 g/mol. The first-order valence-electron chi connectivity index (χ1n) is 8.53. The summed E-state index contributed by atoms with van der Waals surface area (Å²) in [5.41, 5.74) is 2.59. The smallest absolute Gasteiger partial charge is 0.258 e. The summed E-state index contributed by atoms with van der Waals surface area (Å²) in [7, 11) is 0. The Hall–Kier alpha value is -3.54. The quantitative estimate of drug-likeness (QED) is 0.288. The van der Waals surface area contributed by atoms with Crippen LogP contribution < -0.4 is 10.00 Å². The predicted octanol–water partition coefficient (Wildman–Crippen LogP) is 3.41. The molecule has 0 atom stereocenters. The highest BCUT2D eigenvalue weighted by atomic mass is 16.3. The summed E-state index contributed by atoms with van der Waals surface area (Å²) in [6.45, 7) is 4.20. The molecule has 0 spiro atoms. The van der Waals surface area contributed by atoms with E-state index >= 15 is 0 Å². The van der Waals surface area contributed by atoms with Crippen molar-refractivity contribution in [3.05, 3.63) is 64.3 Å². The second kappa shape index (κ2) is 6.02. The van der Waals surface area contributed by atoms with Crippen LogP contribution in [0.1, 0.15) is 25.3 Å². The first-order chi connectivity index (χ1) is 12.8. The van der Waals surface area contributed by atoms with Crippen LogP contribution >= 0.6 is 0 Å². The molecule has 4 rings (SSSR count). The van der Waals surface area contributed by atoms with Crippen molar-refractivity contribution >= 4 is 11.1 Å². The topological polar surface area (TPSA) is 94.8 Å². The Morgan fingerprint density at radius 1 is 0.889 bits per heavy atom. The van der Waals surface area contributed by atoms with Gasteiger partial charge in [-0.25, -0.2) is 0 Å². The number of benzene rings is 3. The fourth-order valence-corrected chi connectivity index (χ4v) is 3.13. The number of phenols is 3. The van der Waals surface area contributed by atoms with E-state index in [0.717, 1.165) is 5.69 Å². The Bertz CT molecular complexity index is 1190. The molecule has 6 heteroatoms. The number of aromatic hydroxyl groups is 3. The van der Waals surface area contributed by atoms with Crippen molar-refractivity contribution in [3.63, 3.8) is 0 Å². The van der Waals surface area contributed by atoms with E-state index in [4.69, 9.17) is 4.42 Å². The Morgan fingerprint density at radius 2 is 1.56 bits per heavy atom. The third-order valence-corrected chi connectivity index (χ3v) is 4.62. The first kappa shape index (κ1) is 16.9. The molecule has 0 saturated heterocycles. The average Bonchev–Trinajstić information content (AvgIpc) is 2.63. The molecule has 2 aliphatic rings. The molecule has 0 bridgehead atoms. The van der Waals surface area contributed by atoms with Crippen LogP contribution in [-0.4, -0.2) is 15.3 Å². The maximum absolute atomic E-state index is 11.8. The third kappa shape index (κ3) is 2.75. The normalized spacial score (nSPS) is 11.5. The van der Waals surface area contributed by atoms with Crippen molar-refractivity contribution in [1.29, 1.82) is 0 Å². The van der Waals surface area contributed by atoms with Crippen LogP contribution in [0.3, 0.4) is 0 Å². The van der Waals surface area contributed by atoms with Crippen molar-refractivity contribution < 1.29 is 24.3 Å². The highest BCUT2D eigenvalue weighted by molar-refractivity contribution is 5.77. The fourth-order valence-electron chi connectivity index (χ4n) is 3.13. The summed E-state index contributed by atoms with van der Waals surface area (Å²) in [4.78, 5) is 11.8.